The van der Waals surface area contributed by atoms with Gasteiger partial charge in [0.05, 0.1) is 25.0 Å². The largest absolute Gasteiger partial charge is 0.496 e. The fraction of sp³-hybridized carbons (Fsp3) is 0.571. The minimum absolute atomic E-state index is 0.164. The first-order chi connectivity index (χ1) is 16.8. The molecule has 0 amide bonds. The fourth-order valence-corrected chi connectivity index (χ4v) is 3.96. The summed E-state index contributed by atoms with van der Waals surface area (Å²) in [5.41, 5.74) is 8.24. The molecule has 0 saturated heterocycles. The Kier molecular flexibility index (Phi) is 9.69. The highest BCUT2D eigenvalue weighted by atomic mass is 16.6. The standard InChI is InChI=1S/C28H41N5O3/c1-9-10-11-21(16-24(34)36-27(3,4)5)32-25-22(18(2)31-26(30)33-25)15-19-14-20(28(6,7)17-29)12-13-23(19)35-8/h12-14,21H,9-11,15-16H2,1-8H3,(H3,30,31,32,33)/t21-/m0/s1. The number of nitrogen functional groups attached to an aromatic ring is 1. The predicted molar refractivity (Wildman–Crippen MR) is 143 cm³/mol. The molecular formula is C28H41N5O3. The van der Waals surface area contributed by atoms with Crippen molar-refractivity contribution in [1.29, 1.82) is 5.26 Å². The van der Waals surface area contributed by atoms with Crippen LogP contribution in [0.15, 0.2) is 18.2 Å². The molecule has 0 aliphatic heterocycles. The van der Waals surface area contributed by atoms with Crippen LogP contribution < -0.4 is 15.8 Å². The number of carbonyl (C=O) groups is 1. The SMILES string of the molecule is CCCC[C@@H](CC(=O)OC(C)(C)C)Nc1nc(N)nc(C)c1Cc1cc(C(C)(C)C#N)ccc1OC. The van der Waals surface area contributed by atoms with Gasteiger partial charge in [0, 0.05) is 23.7 Å². The summed E-state index contributed by atoms with van der Waals surface area (Å²) in [7, 11) is 1.63. The van der Waals surface area contributed by atoms with Crippen molar-refractivity contribution in [3.63, 3.8) is 0 Å². The summed E-state index contributed by atoms with van der Waals surface area (Å²) in [5, 5.41) is 13.1. The number of aromatic nitrogens is 2. The molecule has 2 rings (SSSR count). The topological polar surface area (TPSA) is 123 Å². The third-order valence-electron chi connectivity index (χ3n) is 5.96. The van der Waals surface area contributed by atoms with Crippen molar-refractivity contribution in [3.05, 3.63) is 40.6 Å². The zero-order chi connectivity index (χ0) is 27.1. The number of benzene rings is 1. The smallest absolute Gasteiger partial charge is 0.308 e. The number of unbranched alkanes of at least 4 members (excludes halogenated alkanes) is 1. The van der Waals surface area contributed by atoms with Crippen LogP contribution in [0.1, 0.15) is 89.6 Å². The second kappa shape index (κ2) is 12.1. The molecule has 1 heterocycles. The molecule has 1 atom stereocenters. The van der Waals surface area contributed by atoms with E-state index in [1.165, 1.54) is 0 Å². The van der Waals surface area contributed by atoms with E-state index in [2.05, 4.69) is 28.3 Å². The summed E-state index contributed by atoms with van der Waals surface area (Å²) in [5.74, 6) is 1.21. The average molecular weight is 496 g/mol. The first kappa shape index (κ1) is 28.9. The zero-order valence-corrected chi connectivity index (χ0v) is 23.0. The van der Waals surface area contributed by atoms with Gasteiger partial charge in [-0.05, 0) is 65.2 Å². The number of rotatable bonds is 11. The number of nitriles is 1. The van der Waals surface area contributed by atoms with Gasteiger partial charge in [0.15, 0.2) is 0 Å². The number of nitrogens with zero attached hydrogens (tertiary/aromatic N) is 3. The number of nitrogens with two attached hydrogens (primary N) is 1. The lowest BCUT2D eigenvalue weighted by atomic mass is 9.84. The Morgan fingerprint density at radius 1 is 1.22 bits per heavy atom. The van der Waals surface area contributed by atoms with Crippen molar-refractivity contribution >= 4 is 17.7 Å². The first-order valence-corrected chi connectivity index (χ1v) is 12.5. The number of nitrogens with one attached hydrogen (secondary N) is 1. The van der Waals surface area contributed by atoms with E-state index in [1.54, 1.807) is 7.11 Å². The highest BCUT2D eigenvalue weighted by Crippen LogP contribution is 2.32. The molecule has 3 N–H and O–H groups in total. The Bertz CT molecular complexity index is 1100. The van der Waals surface area contributed by atoms with Gasteiger partial charge in [-0.15, -0.1) is 0 Å². The number of methoxy groups -OCH3 is 1. The zero-order valence-electron chi connectivity index (χ0n) is 23.0. The number of esters is 1. The van der Waals surface area contributed by atoms with Crippen molar-refractivity contribution in [2.24, 2.45) is 0 Å². The van der Waals surface area contributed by atoms with Gasteiger partial charge in [-0.1, -0.05) is 31.9 Å². The summed E-state index contributed by atoms with van der Waals surface area (Å²) >= 11 is 0. The van der Waals surface area contributed by atoms with E-state index in [0.29, 0.717) is 18.0 Å². The second-order valence-corrected chi connectivity index (χ2v) is 10.7. The highest BCUT2D eigenvalue weighted by molar-refractivity contribution is 5.71. The maximum atomic E-state index is 12.6. The lowest BCUT2D eigenvalue weighted by molar-refractivity contribution is -0.155. The maximum absolute atomic E-state index is 12.6. The molecule has 0 spiro atoms. The Balaban J connectivity index is 2.46. The van der Waals surface area contributed by atoms with Crippen LogP contribution in [0.2, 0.25) is 0 Å². The van der Waals surface area contributed by atoms with Crippen molar-refractivity contribution < 1.29 is 14.3 Å². The van der Waals surface area contributed by atoms with E-state index in [9.17, 15) is 10.1 Å². The van der Waals surface area contributed by atoms with Crippen molar-refractivity contribution in [1.82, 2.24) is 9.97 Å². The number of carbonyl (C=O) groups excluding carboxylic acids is 1. The van der Waals surface area contributed by atoms with Gasteiger partial charge >= 0.3 is 5.97 Å². The van der Waals surface area contributed by atoms with Crippen LogP contribution in [0.3, 0.4) is 0 Å². The normalized spacial score (nSPS) is 12.5. The molecule has 0 unspecified atom stereocenters. The molecule has 0 saturated carbocycles. The van der Waals surface area contributed by atoms with E-state index in [4.69, 9.17) is 15.2 Å². The number of aryl methyl sites for hydroxylation is 1. The molecule has 1 aromatic carbocycles. The quantitative estimate of drug-likeness (QED) is 0.393. The molecule has 8 nitrogen and oxygen atoms in total. The molecule has 2 aromatic rings. The number of ether oxygens (including phenoxy) is 2. The first-order valence-electron chi connectivity index (χ1n) is 12.5. The Labute approximate surface area is 215 Å². The predicted octanol–water partition coefficient (Wildman–Crippen LogP) is 5.47. The Hall–Kier alpha value is -3.34. The fourth-order valence-electron chi connectivity index (χ4n) is 3.96. The minimum atomic E-state index is -0.645. The van der Waals surface area contributed by atoms with Crippen LogP contribution in [-0.4, -0.2) is 34.7 Å². The molecule has 196 valence electrons. The van der Waals surface area contributed by atoms with Gasteiger partial charge in [0.2, 0.25) is 5.95 Å². The average Bonchev–Trinajstić information content (AvgIpc) is 2.78. The third kappa shape index (κ3) is 8.11. The monoisotopic (exact) mass is 495 g/mol. The van der Waals surface area contributed by atoms with E-state index in [0.717, 1.165) is 41.6 Å². The number of anilines is 2. The molecule has 8 heteroatoms. The van der Waals surface area contributed by atoms with Crippen molar-refractivity contribution in [2.45, 2.75) is 97.6 Å². The molecule has 0 fully saturated rings. The van der Waals surface area contributed by atoms with Crippen LogP contribution in [0, 0.1) is 18.3 Å². The van der Waals surface area contributed by atoms with E-state index in [-0.39, 0.29) is 24.4 Å². The second-order valence-electron chi connectivity index (χ2n) is 10.7. The van der Waals surface area contributed by atoms with Crippen molar-refractivity contribution in [2.75, 3.05) is 18.2 Å². The molecule has 0 aliphatic carbocycles. The molecule has 0 bridgehead atoms. The van der Waals surface area contributed by atoms with Crippen LogP contribution in [0.4, 0.5) is 11.8 Å². The maximum Gasteiger partial charge on any atom is 0.308 e. The third-order valence-corrected chi connectivity index (χ3v) is 5.96. The van der Waals surface area contributed by atoms with Gasteiger partial charge in [0.25, 0.3) is 0 Å². The summed E-state index contributed by atoms with van der Waals surface area (Å²) in [6.45, 7) is 13.4. The van der Waals surface area contributed by atoms with Crippen LogP contribution in [0.25, 0.3) is 0 Å². The van der Waals surface area contributed by atoms with E-state index >= 15 is 0 Å². The number of hydrogen-bond acceptors (Lipinski definition) is 8. The van der Waals surface area contributed by atoms with Gasteiger partial charge in [0.1, 0.15) is 17.2 Å². The van der Waals surface area contributed by atoms with Gasteiger partial charge < -0.3 is 20.5 Å². The molecule has 1 aromatic heterocycles. The molecule has 0 aliphatic rings. The lowest BCUT2D eigenvalue weighted by Crippen LogP contribution is -2.30. The summed E-state index contributed by atoms with van der Waals surface area (Å²) in [6, 6.07) is 7.99. The van der Waals surface area contributed by atoms with Crippen LogP contribution in [-0.2, 0) is 21.4 Å². The van der Waals surface area contributed by atoms with Crippen LogP contribution >= 0.6 is 0 Å². The highest BCUT2D eigenvalue weighted by Gasteiger charge is 2.24. The van der Waals surface area contributed by atoms with E-state index < -0.39 is 11.0 Å². The van der Waals surface area contributed by atoms with E-state index in [1.807, 2.05) is 59.7 Å². The van der Waals surface area contributed by atoms with Gasteiger partial charge in [-0.2, -0.15) is 10.2 Å². The van der Waals surface area contributed by atoms with Gasteiger partial charge in [-0.3, -0.25) is 4.79 Å². The lowest BCUT2D eigenvalue weighted by Gasteiger charge is -2.25. The number of hydrogen-bond donors (Lipinski definition) is 2. The molecular weight excluding hydrogens is 454 g/mol. The Morgan fingerprint density at radius 3 is 2.50 bits per heavy atom. The molecule has 0 radical (unpaired) electrons. The summed E-state index contributed by atoms with van der Waals surface area (Å²) < 4.78 is 11.2. The minimum Gasteiger partial charge on any atom is -0.496 e. The molecule has 36 heavy (non-hydrogen) atoms. The van der Waals surface area contributed by atoms with Crippen LogP contribution in [0.5, 0.6) is 5.75 Å². The van der Waals surface area contributed by atoms with Gasteiger partial charge in [-0.25, -0.2) is 4.98 Å². The Morgan fingerprint density at radius 2 is 1.92 bits per heavy atom. The summed E-state index contributed by atoms with van der Waals surface area (Å²) in [6.07, 6.45) is 3.43. The van der Waals surface area contributed by atoms with Crippen molar-refractivity contribution in [3.8, 4) is 11.8 Å². The summed E-state index contributed by atoms with van der Waals surface area (Å²) in [4.78, 5) is 21.5.